The molecule has 0 aliphatic rings. The number of hydrogen-bond acceptors (Lipinski definition) is 4. The first kappa shape index (κ1) is 25.0. The first-order valence-corrected chi connectivity index (χ1v) is 14.1. The monoisotopic (exact) mass is 486 g/mol. The summed E-state index contributed by atoms with van der Waals surface area (Å²) >= 11 is 0. The Hall–Kier alpha value is -3.15. The number of benzene rings is 3. The van der Waals surface area contributed by atoms with Gasteiger partial charge in [-0.15, -0.1) is 0 Å². The molecule has 4 nitrogen and oxygen atoms in total. The summed E-state index contributed by atoms with van der Waals surface area (Å²) in [6, 6.07) is 28.9. The van der Waals surface area contributed by atoms with Gasteiger partial charge in [0.2, 0.25) is 0 Å². The zero-order chi connectivity index (χ0) is 24.9. The van der Waals surface area contributed by atoms with E-state index in [0.29, 0.717) is 12.2 Å². The molecule has 0 N–H and O–H groups in total. The third-order valence-corrected chi connectivity index (χ3v) is 11.6. The second kappa shape index (κ2) is 10.6. The number of rotatable bonds is 9. The van der Waals surface area contributed by atoms with E-state index in [0.717, 1.165) is 36.0 Å². The summed E-state index contributed by atoms with van der Waals surface area (Å²) in [7, 11) is -1.10. The summed E-state index contributed by atoms with van der Waals surface area (Å²) in [4.78, 5) is 11.8. The molecule has 4 aromatic rings. The highest BCUT2D eigenvalue weighted by atomic mass is 28.4. The SMILES string of the molecule is COC(=O)c1ccc2oc(CCCCO[Si](c3ccccc3)(c3ccccc3)C(C)(C)C)cc2c1. The van der Waals surface area contributed by atoms with Crippen LogP contribution in [0.3, 0.4) is 0 Å². The van der Waals surface area contributed by atoms with Crippen molar-refractivity contribution in [3.8, 4) is 0 Å². The van der Waals surface area contributed by atoms with E-state index in [4.69, 9.17) is 13.6 Å². The number of furan rings is 1. The van der Waals surface area contributed by atoms with Gasteiger partial charge in [-0.25, -0.2) is 4.79 Å². The summed E-state index contributed by atoms with van der Waals surface area (Å²) in [5.41, 5.74) is 1.32. The van der Waals surface area contributed by atoms with Gasteiger partial charge in [0.1, 0.15) is 11.3 Å². The quantitative estimate of drug-likeness (QED) is 0.162. The molecule has 0 bridgehead atoms. The summed E-state index contributed by atoms with van der Waals surface area (Å²) in [5.74, 6) is 0.586. The van der Waals surface area contributed by atoms with Gasteiger partial charge in [-0.1, -0.05) is 81.4 Å². The predicted molar refractivity (Wildman–Crippen MR) is 144 cm³/mol. The molecule has 0 amide bonds. The van der Waals surface area contributed by atoms with Crippen LogP contribution in [0.4, 0.5) is 0 Å². The summed E-state index contributed by atoms with van der Waals surface area (Å²) in [6.07, 6.45) is 2.73. The number of fused-ring (bicyclic) bond motifs is 1. The number of esters is 1. The van der Waals surface area contributed by atoms with E-state index in [9.17, 15) is 4.79 Å². The zero-order valence-corrected chi connectivity index (χ0v) is 22.0. The predicted octanol–water partition coefficient (Wildman–Crippen LogP) is 6.12. The standard InChI is InChI=1S/C30H34O4Si/c1-30(2,3)35(26-14-7-5-8-15-26,27-16-9-6-10-17-27)33-20-12-11-13-25-22-24-21-23(29(31)32-4)18-19-28(24)34-25/h5-10,14-19,21-22H,11-13,20H2,1-4H3. The van der Waals surface area contributed by atoms with E-state index in [2.05, 4.69) is 81.4 Å². The first-order chi connectivity index (χ1) is 16.8. The van der Waals surface area contributed by atoms with Crippen molar-refractivity contribution in [3.63, 3.8) is 0 Å². The maximum Gasteiger partial charge on any atom is 0.337 e. The Morgan fingerprint density at radius 2 is 1.49 bits per heavy atom. The molecule has 182 valence electrons. The minimum atomic E-state index is -2.49. The Labute approximate surface area is 209 Å². The maximum atomic E-state index is 11.8. The lowest BCUT2D eigenvalue weighted by Gasteiger charge is -2.43. The van der Waals surface area contributed by atoms with E-state index < -0.39 is 8.32 Å². The minimum absolute atomic E-state index is 0.0220. The van der Waals surface area contributed by atoms with Crippen molar-refractivity contribution in [2.45, 2.75) is 45.1 Å². The van der Waals surface area contributed by atoms with Crippen molar-refractivity contribution in [1.29, 1.82) is 0 Å². The van der Waals surface area contributed by atoms with Gasteiger partial charge in [0.05, 0.1) is 12.7 Å². The molecule has 0 aliphatic carbocycles. The molecule has 3 aromatic carbocycles. The van der Waals surface area contributed by atoms with Gasteiger partial charge in [-0.2, -0.15) is 0 Å². The Balaban J connectivity index is 1.46. The van der Waals surface area contributed by atoms with Crippen LogP contribution in [0.1, 0.15) is 49.7 Å². The Morgan fingerprint density at radius 3 is 2.06 bits per heavy atom. The van der Waals surface area contributed by atoms with E-state index in [1.807, 2.05) is 18.2 Å². The van der Waals surface area contributed by atoms with E-state index in [1.165, 1.54) is 17.5 Å². The number of methoxy groups -OCH3 is 1. The van der Waals surface area contributed by atoms with Crippen molar-refractivity contribution >= 4 is 35.6 Å². The third-order valence-electron chi connectivity index (χ3n) is 6.54. The highest BCUT2D eigenvalue weighted by Gasteiger charge is 2.49. The number of carbonyl (C=O) groups is 1. The average Bonchev–Trinajstić information content (AvgIpc) is 3.28. The summed E-state index contributed by atoms with van der Waals surface area (Å²) in [6.45, 7) is 7.60. The molecular weight excluding hydrogens is 452 g/mol. The molecule has 0 saturated heterocycles. The number of hydrogen-bond donors (Lipinski definition) is 0. The highest BCUT2D eigenvalue weighted by Crippen LogP contribution is 2.36. The maximum absolute atomic E-state index is 11.8. The van der Waals surface area contributed by atoms with E-state index in [-0.39, 0.29) is 11.0 Å². The fraction of sp³-hybridized carbons (Fsp3) is 0.300. The van der Waals surface area contributed by atoms with Crippen LogP contribution in [0, 0.1) is 0 Å². The van der Waals surface area contributed by atoms with Crippen molar-refractivity contribution in [2.24, 2.45) is 0 Å². The van der Waals surface area contributed by atoms with Crippen molar-refractivity contribution in [3.05, 3.63) is 96.3 Å². The van der Waals surface area contributed by atoms with Crippen LogP contribution in [-0.2, 0) is 15.6 Å². The largest absolute Gasteiger partial charge is 0.465 e. The second-order valence-corrected chi connectivity index (χ2v) is 14.2. The van der Waals surface area contributed by atoms with Gasteiger partial charge in [0, 0.05) is 18.4 Å². The smallest absolute Gasteiger partial charge is 0.337 e. The number of aryl methyl sites for hydroxylation is 1. The van der Waals surface area contributed by atoms with Gasteiger partial charge in [0.15, 0.2) is 0 Å². The molecule has 0 spiro atoms. The van der Waals surface area contributed by atoms with Crippen LogP contribution in [-0.4, -0.2) is 28.0 Å². The van der Waals surface area contributed by atoms with Gasteiger partial charge in [-0.05, 0) is 52.5 Å². The fourth-order valence-corrected chi connectivity index (χ4v) is 9.46. The molecule has 0 unspecified atom stereocenters. The normalized spacial score (nSPS) is 12.1. The second-order valence-electron chi connectivity index (χ2n) is 9.93. The zero-order valence-electron chi connectivity index (χ0n) is 21.0. The van der Waals surface area contributed by atoms with Crippen molar-refractivity contribution < 1.29 is 18.4 Å². The highest BCUT2D eigenvalue weighted by molar-refractivity contribution is 6.99. The van der Waals surface area contributed by atoms with Gasteiger partial charge in [-0.3, -0.25) is 0 Å². The molecule has 4 rings (SSSR count). The van der Waals surface area contributed by atoms with Gasteiger partial charge < -0.3 is 13.6 Å². The number of unbranched alkanes of at least 4 members (excludes halogenated alkanes) is 1. The lowest BCUT2D eigenvalue weighted by Crippen LogP contribution is -2.66. The Bertz CT molecular complexity index is 1220. The summed E-state index contributed by atoms with van der Waals surface area (Å²) in [5, 5.41) is 3.51. The average molecular weight is 487 g/mol. The van der Waals surface area contributed by atoms with Gasteiger partial charge in [0.25, 0.3) is 8.32 Å². The van der Waals surface area contributed by atoms with E-state index in [1.54, 1.807) is 6.07 Å². The first-order valence-electron chi connectivity index (χ1n) is 12.2. The fourth-order valence-electron chi connectivity index (χ4n) is 4.85. The lowest BCUT2D eigenvalue weighted by atomic mass is 10.1. The molecule has 5 heteroatoms. The topological polar surface area (TPSA) is 48.7 Å². The van der Waals surface area contributed by atoms with Gasteiger partial charge >= 0.3 is 5.97 Å². The van der Waals surface area contributed by atoms with Crippen LogP contribution < -0.4 is 10.4 Å². The Morgan fingerprint density at radius 1 is 0.857 bits per heavy atom. The van der Waals surface area contributed by atoms with Crippen LogP contribution >= 0.6 is 0 Å². The molecular formula is C30H34O4Si. The summed E-state index contributed by atoms with van der Waals surface area (Å²) < 4.78 is 17.8. The van der Waals surface area contributed by atoms with Crippen LogP contribution in [0.5, 0.6) is 0 Å². The number of ether oxygens (including phenoxy) is 1. The molecule has 0 saturated carbocycles. The van der Waals surface area contributed by atoms with E-state index >= 15 is 0 Å². The van der Waals surface area contributed by atoms with Crippen LogP contribution in [0.2, 0.25) is 5.04 Å². The van der Waals surface area contributed by atoms with Crippen molar-refractivity contribution in [1.82, 2.24) is 0 Å². The lowest BCUT2D eigenvalue weighted by molar-refractivity contribution is 0.0601. The molecule has 0 aliphatic heterocycles. The van der Waals surface area contributed by atoms with Crippen LogP contribution in [0.15, 0.2) is 89.3 Å². The molecule has 0 atom stereocenters. The molecule has 35 heavy (non-hydrogen) atoms. The third kappa shape index (κ3) is 5.26. The minimum Gasteiger partial charge on any atom is -0.465 e. The number of carbonyl (C=O) groups excluding carboxylic acids is 1. The van der Waals surface area contributed by atoms with Crippen LogP contribution in [0.25, 0.3) is 11.0 Å². The van der Waals surface area contributed by atoms with Crippen molar-refractivity contribution in [2.75, 3.05) is 13.7 Å². The molecule has 1 heterocycles. The molecule has 1 aromatic heterocycles. The molecule has 0 radical (unpaired) electrons. The molecule has 0 fully saturated rings. The Kier molecular flexibility index (Phi) is 7.58.